The van der Waals surface area contributed by atoms with Crippen LogP contribution in [0.1, 0.15) is 44.4 Å². The van der Waals surface area contributed by atoms with Gasteiger partial charge in [-0.15, -0.1) is 0 Å². The molecular weight excluding hydrogens is 509 g/mol. The smallest absolute Gasteiger partial charge is 0.489 e. The van der Waals surface area contributed by atoms with Crippen LogP contribution in [0.5, 0.6) is 5.75 Å². The van der Waals surface area contributed by atoms with Gasteiger partial charge in [0.05, 0.1) is 18.3 Å². The van der Waals surface area contributed by atoms with E-state index < -0.39 is 36.4 Å². The number of carbonyl (C=O) groups excluding carboxylic acids is 2. The molecule has 1 N–H and O–H groups in total. The number of hydrogen-bond donors (Lipinski definition) is 1. The van der Waals surface area contributed by atoms with Crippen molar-refractivity contribution in [2.45, 2.75) is 64.6 Å². The molecule has 0 saturated carbocycles. The van der Waals surface area contributed by atoms with Gasteiger partial charge in [-0.1, -0.05) is 72.8 Å². The minimum Gasteiger partial charge on any atom is -0.489 e. The highest BCUT2D eigenvalue weighted by Gasteiger charge is 2.52. The van der Waals surface area contributed by atoms with Gasteiger partial charge in [-0.05, 0) is 50.5 Å². The number of alkyl carbamates (subject to hydrolysis) is 1. The predicted octanol–water partition coefficient (Wildman–Crippen LogP) is 4.58. The van der Waals surface area contributed by atoms with Crippen LogP contribution in [0.25, 0.3) is 0 Å². The molecule has 1 aliphatic heterocycles. The molecule has 3 aromatic rings. The summed E-state index contributed by atoms with van der Waals surface area (Å²) in [7, 11) is 0.596. The molecule has 0 aliphatic carbocycles. The number of carbonyl (C=O) groups is 2. The van der Waals surface area contributed by atoms with E-state index >= 15 is 0 Å². The first-order chi connectivity index (χ1) is 19.1. The first-order valence-corrected chi connectivity index (χ1v) is 13.3. The topological polar surface area (TPSA) is 92.3 Å². The lowest BCUT2D eigenvalue weighted by molar-refractivity contribution is -0.143. The number of amides is 1. The van der Waals surface area contributed by atoms with Crippen molar-refractivity contribution >= 4 is 24.6 Å². The fourth-order valence-corrected chi connectivity index (χ4v) is 4.22. The number of rotatable bonds is 10. The number of benzene rings is 3. The van der Waals surface area contributed by atoms with Gasteiger partial charge in [-0.25, -0.2) is 9.59 Å². The van der Waals surface area contributed by atoms with E-state index in [1.165, 1.54) is 7.11 Å². The summed E-state index contributed by atoms with van der Waals surface area (Å²) in [6, 6.07) is 23.8. The van der Waals surface area contributed by atoms with Gasteiger partial charge in [0.15, 0.2) is 0 Å². The fraction of sp³-hybridized carbons (Fsp3) is 0.355. The van der Waals surface area contributed by atoms with E-state index in [4.69, 9.17) is 23.5 Å². The lowest BCUT2D eigenvalue weighted by Gasteiger charge is -2.32. The normalized spacial score (nSPS) is 16.2. The summed E-state index contributed by atoms with van der Waals surface area (Å²) >= 11 is 0. The van der Waals surface area contributed by atoms with E-state index in [1.54, 1.807) is 0 Å². The monoisotopic (exact) mass is 545 g/mol. The average Bonchev–Trinajstić information content (AvgIpc) is 3.17. The molecule has 4 rings (SSSR count). The molecule has 1 fully saturated rings. The molecule has 1 heterocycles. The Hall–Kier alpha value is -3.82. The average molecular weight is 545 g/mol. The van der Waals surface area contributed by atoms with Gasteiger partial charge in [-0.2, -0.15) is 0 Å². The largest absolute Gasteiger partial charge is 0.498 e. The van der Waals surface area contributed by atoms with E-state index in [0.717, 1.165) is 16.7 Å². The van der Waals surface area contributed by atoms with Crippen molar-refractivity contribution in [1.82, 2.24) is 5.32 Å². The summed E-state index contributed by atoms with van der Waals surface area (Å²) in [6.07, 6.45) is -0.549. The Morgan fingerprint density at radius 2 is 1.40 bits per heavy atom. The number of hydrogen-bond acceptors (Lipinski definition) is 7. The Kier molecular flexibility index (Phi) is 9.17. The maximum Gasteiger partial charge on any atom is 0.498 e. The first kappa shape index (κ1) is 29.2. The van der Waals surface area contributed by atoms with E-state index in [-0.39, 0.29) is 13.0 Å². The Morgan fingerprint density at radius 3 is 1.98 bits per heavy atom. The van der Waals surface area contributed by atoms with Gasteiger partial charge in [0.25, 0.3) is 0 Å². The van der Waals surface area contributed by atoms with Crippen LogP contribution in [-0.4, -0.2) is 43.5 Å². The second-order valence-electron chi connectivity index (χ2n) is 10.7. The zero-order chi connectivity index (χ0) is 28.8. The molecule has 0 unspecified atom stereocenters. The highest BCUT2D eigenvalue weighted by Crippen LogP contribution is 2.37. The maximum absolute atomic E-state index is 12.6. The van der Waals surface area contributed by atoms with Gasteiger partial charge in [0, 0.05) is 11.9 Å². The third kappa shape index (κ3) is 7.22. The zero-order valence-corrected chi connectivity index (χ0v) is 23.6. The van der Waals surface area contributed by atoms with Gasteiger partial charge in [0.2, 0.25) is 0 Å². The van der Waals surface area contributed by atoms with Crippen molar-refractivity contribution in [2.24, 2.45) is 0 Å². The van der Waals surface area contributed by atoms with Gasteiger partial charge in [-0.3, -0.25) is 0 Å². The minimum atomic E-state index is -0.962. The van der Waals surface area contributed by atoms with E-state index in [2.05, 4.69) is 5.32 Å². The van der Waals surface area contributed by atoms with Crippen LogP contribution in [0, 0.1) is 0 Å². The van der Waals surface area contributed by atoms with E-state index in [9.17, 15) is 9.59 Å². The van der Waals surface area contributed by atoms with Crippen LogP contribution in [0.2, 0.25) is 0 Å². The highest BCUT2D eigenvalue weighted by atomic mass is 16.7. The fourth-order valence-electron chi connectivity index (χ4n) is 4.22. The van der Waals surface area contributed by atoms with Crippen LogP contribution in [0.3, 0.4) is 0 Å². The summed E-state index contributed by atoms with van der Waals surface area (Å²) in [5, 5.41) is 2.63. The zero-order valence-electron chi connectivity index (χ0n) is 23.6. The maximum atomic E-state index is 12.6. The van der Waals surface area contributed by atoms with E-state index in [1.807, 2.05) is 107 Å². The molecule has 8 nitrogen and oxygen atoms in total. The van der Waals surface area contributed by atoms with Crippen molar-refractivity contribution in [3.05, 3.63) is 95.6 Å². The van der Waals surface area contributed by atoms with Crippen molar-refractivity contribution in [3.63, 3.8) is 0 Å². The third-order valence-electron chi connectivity index (χ3n) is 7.25. The number of ether oxygens (including phenoxy) is 3. The standard InChI is InChI=1S/C31H36BNO7/c1-30(2)31(3,4)40-32(39-30)25-18-24(16-17-27(25)37-20-22-12-8-6-9-13-22)19-26(28(34)36-5)33-29(35)38-21-23-14-10-7-11-15-23/h6-18,26H,19-21H2,1-5H3,(H,33,35)/t26-/m0/s1. The molecule has 9 heteroatoms. The molecule has 1 atom stereocenters. The summed E-state index contributed by atoms with van der Waals surface area (Å²) in [5.41, 5.74) is 2.21. The SMILES string of the molecule is COC(=O)[C@H](Cc1ccc(OCc2ccccc2)c(B2OC(C)(C)C(C)(C)O2)c1)NC(=O)OCc1ccccc1. The third-order valence-corrected chi connectivity index (χ3v) is 7.25. The number of esters is 1. The molecule has 3 aromatic carbocycles. The van der Waals surface area contributed by atoms with Crippen molar-refractivity contribution in [1.29, 1.82) is 0 Å². The molecule has 40 heavy (non-hydrogen) atoms. The van der Waals surface area contributed by atoms with Gasteiger partial charge < -0.3 is 28.8 Å². The second-order valence-corrected chi connectivity index (χ2v) is 10.7. The molecule has 0 radical (unpaired) electrons. The molecule has 0 aromatic heterocycles. The second kappa shape index (κ2) is 12.6. The van der Waals surface area contributed by atoms with Crippen molar-refractivity contribution < 1.29 is 33.1 Å². The molecular formula is C31H36BNO7. The van der Waals surface area contributed by atoms with Crippen LogP contribution < -0.4 is 15.5 Å². The molecule has 1 aliphatic rings. The number of nitrogens with one attached hydrogen (secondary N) is 1. The van der Waals surface area contributed by atoms with Crippen LogP contribution in [0.15, 0.2) is 78.9 Å². The molecule has 1 amide bonds. The van der Waals surface area contributed by atoms with Gasteiger partial charge >= 0.3 is 19.2 Å². The summed E-state index contributed by atoms with van der Waals surface area (Å²) < 4.78 is 29.1. The van der Waals surface area contributed by atoms with Crippen LogP contribution in [-0.2, 0) is 43.2 Å². The predicted molar refractivity (Wildman–Crippen MR) is 152 cm³/mol. The number of methoxy groups -OCH3 is 1. The summed E-state index contributed by atoms with van der Waals surface area (Å²) in [6.45, 7) is 8.39. The van der Waals surface area contributed by atoms with Crippen LogP contribution >= 0.6 is 0 Å². The lowest BCUT2D eigenvalue weighted by atomic mass is 9.77. The quantitative estimate of drug-likeness (QED) is 0.295. The lowest BCUT2D eigenvalue weighted by Crippen LogP contribution is -2.43. The first-order valence-electron chi connectivity index (χ1n) is 13.3. The highest BCUT2D eigenvalue weighted by molar-refractivity contribution is 6.63. The van der Waals surface area contributed by atoms with Gasteiger partial charge in [0.1, 0.15) is 25.0 Å². The van der Waals surface area contributed by atoms with Crippen molar-refractivity contribution in [2.75, 3.05) is 7.11 Å². The van der Waals surface area contributed by atoms with Crippen LogP contribution in [0.4, 0.5) is 4.79 Å². The van der Waals surface area contributed by atoms with Crippen molar-refractivity contribution in [3.8, 4) is 5.75 Å². The minimum absolute atomic E-state index is 0.0834. The van der Waals surface area contributed by atoms with E-state index in [0.29, 0.717) is 17.8 Å². The molecule has 0 spiro atoms. The Labute approximate surface area is 236 Å². The summed E-state index contributed by atoms with van der Waals surface area (Å²) in [4.78, 5) is 25.1. The Bertz CT molecular complexity index is 1280. The summed E-state index contributed by atoms with van der Waals surface area (Å²) in [5.74, 6) is 0.0224. The Morgan fingerprint density at radius 1 is 0.825 bits per heavy atom. The Balaban J connectivity index is 1.53. The molecule has 0 bridgehead atoms. The molecule has 1 saturated heterocycles. The molecule has 210 valence electrons.